The van der Waals surface area contributed by atoms with Crippen molar-refractivity contribution in [2.45, 2.75) is 63.4 Å². The zero-order chi connectivity index (χ0) is 23.3. The van der Waals surface area contributed by atoms with Crippen LogP contribution < -0.4 is 5.32 Å². The Morgan fingerprint density at radius 1 is 1.06 bits per heavy atom. The number of rotatable bonds is 13. The molecule has 174 valence electrons. The summed E-state index contributed by atoms with van der Waals surface area (Å²) >= 11 is 7.59. The number of unbranched alkanes of at least 4 members (excludes halogenated alkanes) is 1. The van der Waals surface area contributed by atoms with E-state index < -0.39 is 6.04 Å². The van der Waals surface area contributed by atoms with Gasteiger partial charge in [-0.15, -0.1) is 11.8 Å². The van der Waals surface area contributed by atoms with Crippen LogP contribution in [0, 0.1) is 5.82 Å². The van der Waals surface area contributed by atoms with Gasteiger partial charge in [0, 0.05) is 29.4 Å². The molecule has 0 fully saturated rings. The maximum absolute atomic E-state index is 13.3. The van der Waals surface area contributed by atoms with Gasteiger partial charge in [-0.1, -0.05) is 44.0 Å². The molecule has 0 aliphatic rings. The first-order chi connectivity index (χ1) is 15.4. The lowest BCUT2D eigenvalue weighted by atomic mass is 10.1. The van der Waals surface area contributed by atoms with E-state index in [2.05, 4.69) is 12.2 Å². The average Bonchev–Trinajstić information content (AvgIpc) is 2.79. The van der Waals surface area contributed by atoms with E-state index in [-0.39, 0.29) is 24.2 Å². The minimum Gasteiger partial charge on any atom is -0.354 e. The SMILES string of the molecule is CCCCNC(=O)[C@H](CC)N(Cc1ccc(F)cc1)C(=O)CCCSc1ccc(Cl)cc1. The molecule has 2 amide bonds. The smallest absolute Gasteiger partial charge is 0.242 e. The molecule has 2 aromatic carbocycles. The Balaban J connectivity index is 2.02. The number of carbonyl (C=O) groups is 2. The van der Waals surface area contributed by atoms with Gasteiger partial charge in [0.15, 0.2) is 0 Å². The molecule has 0 saturated heterocycles. The van der Waals surface area contributed by atoms with Gasteiger partial charge in [0.2, 0.25) is 11.8 Å². The van der Waals surface area contributed by atoms with Crippen LogP contribution in [0.5, 0.6) is 0 Å². The van der Waals surface area contributed by atoms with Crippen LogP contribution in [0.25, 0.3) is 0 Å². The molecule has 0 saturated carbocycles. The van der Waals surface area contributed by atoms with Crippen molar-refractivity contribution in [3.63, 3.8) is 0 Å². The first-order valence-corrected chi connectivity index (χ1v) is 12.5. The highest BCUT2D eigenvalue weighted by molar-refractivity contribution is 7.99. The molecular weight excluding hydrogens is 447 g/mol. The maximum Gasteiger partial charge on any atom is 0.242 e. The molecule has 0 unspecified atom stereocenters. The largest absolute Gasteiger partial charge is 0.354 e. The number of nitrogens with zero attached hydrogens (tertiary/aromatic N) is 1. The summed E-state index contributed by atoms with van der Waals surface area (Å²) in [4.78, 5) is 28.7. The summed E-state index contributed by atoms with van der Waals surface area (Å²) in [7, 11) is 0. The highest BCUT2D eigenvalue weighted by Gasteiger charge is 2.28. The van der Waals surface area contributed by atoms with Crippen molar-refractivity contribution < 1.29 is 14.0 Å². The third-order valence-corrected chi connectivity index (χ3v) is 6.45. The summed E-state index contributed by atoms with van der Waals surface area (Å²) < 4.78 is 13.3. The fourth-order valence-corrected chi connectivity index (χ4v) is 4.28. The molecule has 1 N–H and O–H groups in total. The summed E-state index contributed by atoms with van der Waals surface area (Å²) in [6, 6.07) is 13.2. The van der Waals surface area contributed by atoms with E-state index in [0.717, 1.165) is 29.1 Å². The van der Waals surface area contributed by atoms with Gasteiger partial charge in [0.25, 0.3) is 0 Å². The van der Waals surface area contributed by atoms with E-state index in [0.29, 0.717) is 30.8 Å². The van der Waals surface area contributed by atoms with E-state index in [1.54, 1.807) is 28.8 Å². The van der Waals surface area contributed by atoms with Crippen molar-refractivity contribution in [3.8, 4) is 0 Å². The molecule has 7 heteroatoms. The summed E-state index contributed by atoms with van der Waals surface area (Å²) in [5.41, 5.74) is 0.801. The van der Waals surface area contributed by atoms with Crippen molar-refractivity contribution in [2.75, 3.05) is 12.3 Å². The van der Waals surface area contributed by atoms with Crippen molar-refractivity contribution in [1.29, 1.82) is 0 Å². The summed E-state index contributed by atoms with van der Waals surface area (Å²) in [6.45, 7) is 4.85. The summed E-state index contributed by atoms with van der Waals surface area (Å²) in [6.07, 6.45) is 3.45. The lowest BCUT2D eigenvalue weighted by Crippen LogP contribution is -2.49. The van der Waals surface area contributed by atoms with Crippen LogP contribution in [0.3, 0.4) is 0 Å². The predicted octanol–water partition coefficient (Wildman–Crippen LogP) is 6.08. The molecule has 0 aliphatic heterocycles. The van der Waals surface area contributed by atoms with Gasteiger partial charge >= 0.3 is 0 Å². The molecule has 2 aromatic rings. The Bertz CT molecular complexity index is 846. The normalized spacial score (nSPS) is 11.8. The monoisotopic (exact) mass is 478 g/mol. The van der Waals surface area contributed by atoms with E-state index in [1.807, 2.05) is 31.2 Å². The van der Waals surface area contributed by atoms with Crippen molar-refractivity contribution in [3.05, 3.63) is 64.9 Å². The highest BCUT2D eigenvalue weighted by atomic mass is 35.5. The number of carbonyl (C=O) groups excluding carboxylic acids is 2. The number of halogens is 2. The van der Waals surface area contributed by atoms with Gasteiger partial charge in [0.1, 0.15) is 11.9 Å². The van der Waals surface area contributed by atoms with Gasteiger partial charge in [-0.25, -0.2) is 4.39 Å². The number of nitrogens with one attached hydrogen (secondary N) is 1. The number of amides is 2. The summed E-state index contributed by atoms with van der Waals surface area (Å²) in [5, 5.41) is 3.65. The molecule has 32 heavy (non-hydrogen) atoms. The molecule has 0 radical (unpaired) electrons. The van der Waals surface area contributed by atoms with Gasteiger partial charge in [0.05, 0.1) is 0 Å². The number of hydrogen-bond acceptors (Lipinski definition) is 3. The van der Waals surface area contributed by atoms with Crippen LogP contribution in [0.1, 0.15) is 51.5 Å². The third kappa shape index (κ3) is 8.83. The Kier molecular flexibility index (Phi) is 11.6. The molecule has 0 aromatic heterocycles. The molecule has 4 nitrogen and oxygen atoms in total. The van der Waals surface area contributed by atoms with E-state index >= 15 is 0 Å². The van der Waals surface area contributed by atoms with Crippen LogP contribution in [0.4, 0.5) is 4.39 Å². The minimum atomic E-state index is -0.548. The Hall–Kier alpha value is -2.05. The number of hydrogen-bond donors (Lipinski definition) is 1. The zero-order valence-corrected chi connectivity index (χ0v) is 20.4. The number of thioether (sulfide) groups is 1. The molecule has 0 heterocycles. The average molecular weight is 479 g/mol. The molecule has 1 atom stereocenters. The number of benzene rings is 2. The predicted molar refractivity (Wildman–Crippen MR) is 130 cm³/mol. The Morgan fingerprint density at radius 2 is 1.75 bits per heavy atom. The van der Waals surface area contributed by atoms with Gasteiger partial charge in [-0.2, -0.15) is 0 Å². The fraction of sp³-hybridized carbons (Fsp3) is 0.440. The molecule has 2 rings (SSSR count). The quantitative estimate of drug-likeness (QED) is 0.280. The van der Waals surface area contributed by atoms with Crippen molar-refractivity contribution in [1.82, 2.24) is 10.2 Å². The second-order valence-corrected chi connectivity index (χ2v) is 9.23. The van der Waals surface area contributed by atoms with Gasteiger partial charge in [-0.05, 0) is 67.0 Å². The third-order valence-electron chi connectivity index (χ3n) is 5.10. The zero-order valence-electron chi connectivity index (χ0n) is 18.8. The van der Waals surface area contributed by atoms with Crippen LogP contribution in [-0.4, -0.2) is 35.1 Å². The molecular formula is C25H32ClFN2O2S. The van der Waals surface area contributed by atoms with Crippen LogP contribution in [-0.2, 0) is 16.1 Å². The highest BCUT2D eigenvalue weighted by Crippen LogP contribution is 2.22. The first kappa shape index (κ1) is 26.2. The lowest BCUT2D eigenvalue weighted by molar-refractivity contribution is -0.141. The molecule has 0 bridgehead atoms. The van der Waals surface area contributed by atoms with Crippen LogP contribution in [0.15, 0.2) is 53.4 Å². The minimum absolute atomic E-state index is 0.0662. The standard InChI is InChI=1S/C25H32ClFN2O2S/c1-3-5-16-28-25(31)23(4-2)29(18-19-8-12-21(27)13-9-19)24(30)7-6-17-32-22-14-10-20(26)11-15-22/h8-15,23H,3-7,16-18H2,1-2H3,(H,28,31)/t23-/m0/s1. The van der Waals surface area contributed by atoms with Crippen molar-refractivity contribution in [2.24, 2.45) is 0 Å². The molecule has 0 aliphatic carbocycles. The van der Waals surface area contributed by atoms with E-state index in [9.17, 15) is 14.0 Å². The maximum atomic E-state index is 13.3. The van der Waals surface area contributed by atoms with Gasteiger partial charge < -0.3 is 10.2 Å². The second kappa shape index (κ2) is 14.2. The van der Waals surface area contributed by atoms with Crippen LogP contribution in [0.2, 0.25) is 5.02 Å². The fourth-order valence-electron chi connectivity index (χ4n) is 3.30. The Morgan fingerprint density at radius 3 is 2.38 bits per heavy atom. The second-order valence-electron chi connectivity index (χ2n) is 7.62. The molecule has 0 spiro atoms. The van der Waals surface area contributed by atoms with Crippen LogP contribution >= 0.6 is 23.4 Å². The van der Waals surface area contributed by atoms with E-state index in [4.69, 9.17) is 11.6 Å². The van der Waals surface area contributed by atoms with E-state index in [1.165, 1.54) is 12.1 Å². The topological polar surface area (TPSA) is 49.4 Å². The van der Waals surface area contributed by atoms with Crippen molar-refractivity contribution >= 4 is 35.2 Å². The summed E-state index contributed by atoms with van der Waals surface area (Å²) in [5.74, 6) is 0.266. The van der Waals surface area contributed by atoms with Gasteiger partial charge in [-0.3, -0.25) is 9.59 Å². The Labute approximate surface area is 199 Å². The lowest BCUT2D eigenvalue weighted by Gasteiger charge is -2.30. The first-order valence-electron chi connectivity index (χ1n) is 11.1.